The summed E-state index contributed by atoms with van der Waals surface area (Å²) in [5.74, 6) is -0.702. The van der Waals surface area contributed by atoms with Crippen LogP contribution in [0.2, 0.25) is 0 Å². The lowest BCUT2D eigenvalue weighted by molar-refractivity contribution is -0.143. The van der Waals surface area contributed by atoms with Gasteiger partial charge in [-0.25, -0.2) is 4.99 Å². The normalized spacial score (nSPS) is 13.9. The standard InChI is InChI=1S/C23H16F12N4/c1-12(38-19(37-2)14-5-15(21(27,28)29)7-16(6-14)22(30,31)32)10-39(11-20(24,25)26)17-4-3-13(9-36)18(8-17)23(33,34)35/h3-8H,10-11H2,1-2H3. The van der Waals surface area contributed by atoms with Gasteiger partial charge in [0, 0.05) is 24.0 Å². The van der Waals surface area contributed by atoms with Crippen molar-refractivity contribution >= 4 is 17.2 Å². The minimum atomic E-state index is -5.19. The lowest BCUT2D eigenvalue weighted by Crippen LogP contribution is -2.37. The van der Waals surface area contributed by atoms with Crippen molar-refractivity contribution < 1.29 is 52.7 Å². The van der Waals surface area contributed by atoms with Crippen LogP contribution in [0.15, 0.2) is 46.4 Å². The number of hydrogen-bond donors (Lipinski definition) is 0. The average Bonchev–Trinajstić information content (AvgIpc) is 2.78. The van der Waals surface area contributed by atoms with Crippen LogP contribution in [0, 0.1) is 11.3 Å². The van der Waals surface area contributed by atoms with E-state index in [1.54, 1.807) is 0 Å². The summed E-state index contributed by atoms with van der Waals surface area (Å²) in [6.45, 7) is -1.60. The molecule has 4 nitrogen and oxygen atoms in total. The highest BCUT2D eigenvalue weighted by Crippen LogP contribution is 2.37. The molecule has 0 aliphatic rings. The fraction of sp³-hybridized carbons (Fsp3) is 0.348. The van der Waals surface area contributed by atoms with Crippen molar-refractivity contribution in [3.05, 3.63) is 64.2 Å². The van der Waals surface area contributed by atoms with Gasteiger partial charge in [-0.3, -0.25) is 4.99 Å². The van der Waals surface area contributed by atoms with Gasteiger partial charge in [-0.05, 0) is 43.3 Å². The van der Waals surface area contributed by atoms with E-state index < -0.39 is 77.1 Å². The Hall–Kier alpha value is -3.77. The predicted molar refractivity (Wildman–Crippen MR) is 116 cm³/mol. The maximum absolute atomic E-state index is 13.3. The van der Waals surface area contributed by atoms with E-state index in [1.807, 2.05) is 0 Å². The second-order valence-corrected chi connectivity index (χ2v) is 8.00. The molecule has 0 atom stereocenters. The first-order valence-electron chi connectivity index (χ1n) is 10.4. The minimum Gasteiger partial charge on any atom is -0.357 e. The van der Waals surface area contributed by atoms with Crippen LogP contribution in [-0.4, -0.2) is 37.9 Å². The Morgan fingerprint density at radius 1 is 0.821 bits per heavy atom. The molecule has 2 rings (SSSR count). The Balaban J connectivity index is 2.57. The van der Waals surface area contributed by atoms with Gasteiger partial charge in [-0.15, -0.1) is 0 Å². The molecule has 39 heavy (non-hydrogen) atoms. The molecule has 2 aromatic rings. The number of rotatable bonds is 5. The molecule has 0 saturated heterocycles. The van der Waals surface area contributed by atoms with E-state index in [1.165, 1.54) is 6.07 Å². The number of hydrogen-bond acceptors (Lipinski definition) is 3. The van der Waals surface area contributed by atoms with Crippen LogP contribution in [0.3, 0.4) is 0 Å². The molecule has 0 unspecified atom stereocenters. The largest absolute Gasteiger partial charge is 0.417 e. The lowest BCUT2D eigenvalue weighted by Gasteiger charge is -2.27. The summed E-state index contributed by atoms with van der Waals surface area (Å²) in [5.41, 5.74) is -7.45. The van der Waals surface area contributed by atoms with Gasteiger partial charge in [0.1, 0.15) is 6.54 Å². The predicted octanol–water partition coefficient (Wildman–Crippen LogP) is 7.52. The lowest BCUT2D eigenvalue weighted by atomic mass is 10.0. The van der Waals surface area contributed by atoms with Gasteiger partial charge >= 0.3 is 24.7 Å². The zero-order valence-corrected chi connectivity index (χ0v) is 19.7. The van der Waals surface area contributed by atoms with Gasteiger partial charge in [0.25, 0.3) is 0 Å². The Labute approximate surface area is 212 Å². The van der Waals surface area contributed by atoms with E-state index in [2.05, 4.69) is 9.98 Å². The number of alkyl halides is 12. The molecule has 0 fully saturated rings. The molecule has 0 saturated carbocycles. The first-order chi connectivity index (χ1) is 17.7. The second kappa shape index (κ2) is 11.1. The second-order valence-electron chi connectivity index (χ2n) is 8.00. The third kappa shape index (κ3) is 8.62. The molecule has 2 aromatic carbocycles. The molecule has 0 bridgehead atoms. The quantitative estimate of drug-likeness (QED) is 0.210. The number of anilines is 1. The summed E-state index contributed by atoms with van der Waals surface area (Å²) in [6, 6.07) is 3.58. The van der Waals surface area contributed by atoms with Crippen molar-refractivity contribution in [3.63, 3.8) is 0 Å². The van der Waals surface area contributed by atoms with Gasteiger partial charge in [0.2, 0.25) is 0 Å². The summed E-state index contributed by atoms with van der Waals surface area (Å²) in [5, 5.41) is 8.90. The van der Waals surface area contributed by atoms with Gasteiger partial charge in [0.05, 0.1) is 34.9 Å². The minimum absolute atomic E-state index is 0.137. The Bertz CT molecular complexity index is 1260. The maximum atomic E-state index is 13.3. The summed E-state index contributed by atoms with van der Waals surface area (Å²) in [7, 11) is 0.962. The van der Waals surface area contributed by atoms with Crippen LogP contribution in [0.4, 0.5) is 58.4 Å². The third-order valence-corrected chi connectivity index (χ3v) is 4.94. The number of nitriles is 1. The zero-order valence-electron chi connectivity index (χ0n) is 19.7. The van der Waals surface area contributed by atoms with Crippen LogP contribution in [0.5, 0.6) is 0 Å². The highest BCUT2D eigenvalue weighted by Gasteiger charge is 2.38. The van der Waals surface area contributed by atoms with Crippen molar-refractivity contribution in [2.24, 2.45) is 9.98 Å². The van der Waals surface area contributed by atoms with Crippen LogP contribution in [0.25, 0.3) is 0 Å². The third-order valence-electron chi connectivity index (χ3n) is 4.94. The highest BCUT2D eigenvalue weighted by atomic mass is 19.4. The Kier molecular flexibility index (Phi) is 8.99. The van der Waals surface area contributed by atoms with Crippen LogP contribution in [-0.2, 0) is 18.5 Å². The molecule has 16 heteroatoms. The van der Waals surface area contributed by atoms with Gasteiger partial charge in [-0.2, -0.15) is 57.9 Å². The number of halogens is 12. The summed E-state index contributed by atoms with van der Waals surface area (Å²) < 4.78 is 159. The summed E-state index contributed by atoms with van der Waals surface area (Å²) in [6.07, 6.45) is -20.4. The fourth-order valence-corrected chi connectivity index (χ4v) is 3.34. The highest BCUT2D eigenvalue weighted by molar-refractivity contribution is 6.07. The van der Waals surface area contributed by atoms with Crippen molar-refractivity contribution in [1.82, 2.24) is 0 Å². The summed E-state index contributed by atoms with van der Waals surface area (Å²) >= 11 is 0. The monoisotopic (exact) mass is 576 g/mol. The molecule has 212 valence electrons. The van der Waals surface area contributed by atoms with Crippen LogP contribution in [0.1, 0.15) is 34.7 Å². The van der Waals surface area contributed by atoms with E-state index in [-0.39, 0.29) is 11.8 Å². The van der Waals surface area contributed by atoms with Gasteiger partial charge in [-0.1, -0.05) is 0 Å². The smallest absolute Gasteiger partial charge is 0.357 e. The van der Waals surface area contributed by atoms with Gasteiger partial charge in [0.15, 0.2) is 5.84 Å². The van der Waals surface area contributed by atoms with Crippen molar-refractivity contribution in [2.45, 2.75) is 31.6 Å². The molecule has 0 aliphatic heterocycles. The SMILES string of the molecule is CN=C(N=C(C)CN(CC(F)(F)F)c1ccc(C#N)c(C(F)(F)F)c1)c1cc(C(F)(F)F)cc(C(F)(F)F)c1. The molecule has 0 heterocycles. The molecular formula is C23H16F12N4. The van der Waals surface area contributed by atoms with E-state index in [9.17, 15) is 52.7 Å². The molecular weight excluding hydrogens is 560 g/mol. The number of aliphatic imine (C=N–C) groups is 2. The molecule has 0 radical (unpaired) electrons. The first-order valence-corrected chi connectivity index (χ1v) is 10.4. The number of nitrogens with zero attached hydrogens (tertiary/aromatic N) is 4. The van der Waals surface area contributed by atoms with Crippen molar-refractivity contribution in [1.29, 1.82) is 5.26 Å². The Morgan fingerprint density at radius 2 is 1.36 bits per heavy atom. The van der Waals surface area contributed by atoms with Crippen LogP contribution >= 0.6 is 0 Å². The van der Waals surface area contributed by atoms with Crippen molar-refractivity contribution in [3.8, 4) is 6.07 Å². The first kappa shape index (κ1) is 31.4. The zero-order chi connectivity index (χ0) is 30.0. The topological polar surface area (TPSA) is 51.8 Å². The molecule has 0 aliphatic carbocycles. The fourth-order valence-electron chi connectivity index (χ4n) is 3.34. The van der Waals surface area contributed by atoms with Crippen LogP contribution < -0.4 is 4.90 Å². The average molecular weight is 576 g/mol. The molecule has 0 aromatic heterocycles. The van der Waals surface area contributed by atoms with E-state index in [0.717, 1.165) is 20.0 Å². The summed E-state index contributed by atoms with van der Waals surface area (Å²) in [4.78, 5) is 7.70. The van der Waals surface area contributed by atoms with Crippen molar-refractivity contribution in [2.75, 3.05) is 25.0 Å². The molecule has 0 spiro atoms. The van der Waals surface area contributed by atoms with Gasteiger partial charge < -0.3 is 4.90 Å². The van der Waals surface area contributed by atoms with E-state index in [0.29, 0.717) is 29.2 Å². The van der Waals surface area contributed by atoms with E-state index in [4.69, 9.17) is 5.26 Å². The molecule has 0 N–H and O–H groups in total. The van der Waals surface area contributed by atoms with E-state index >= 15 is 0 Å². The number of benzene rings is 2. The Morgan fingerprint density at radius 3 is 1.77 bits per heavy atom. The maximum Gasteiger partial charge on any atom is 0.417 e. The molecule has 0 amide bonds. The number of amidine groups is 1.